The molecule has 2 aromatic rings. The molecule has 7 heteroatoms. The van der Waals surface area contributed by atoms with Gasteiger partial charge >= 0.3 is 5.69 Å². The highest BCUT2D eigenvalue weighted by Gasteiger charge is 2.13. The maximum absolute atomic E-state index is 13.7. The molecule has 1 aromatic heterocycles. The predicted octanol–water partition coefficient (Wildman–Crippen LogP) is 2.55. The minimum absolute atomic E-state index is 0.00598. The lowest BCUT2D eigenvalue weighted by Crippen LogP contribution is -2.19. The van der Waals surface area contributed by atoms with Crippen LogP contribution in [0.5, 0.6) is 0 Å². The molecule has 0 aliphatic rings. The molecule has 0 bridgehead atoms. The lowest BCUT2D eigenvalue weighted by atomic mass is 10.2. The SMILES string of the molecule is CCNCc1cc(F)cc(Sc2n[nH]c(=O)n2C(C)C)c1. The number of halogens is 1. The molecule has 21 heavy (non-hydrogen) atoms. The molecule has 0 aliphatic carbocycles. The molecule has 1 aromatic carbocycles. The van der Waals surface area contributed by atoms with Crippen molar-refractivity contribution in [3.63, 3.8) is 0 Å². The van der Waals surface area contributed by atoms with Crippen molar-refractivity contribution in [1.82, 2.24) is 20.1 Å². The van der Waals surface area contributed by atoms with Crippen LogP contribution >= 0.6 is 11.8 Å². The van der Waals surface area contributed by atoms with Gasteiger partial charge in [-0.15, -0.1) is 5.10 Å². The zero-order valence-corrected chi connectivity index (χ0v) is 13.1. The molecule has 1 heterocycles. The second-order valence-corrected chi connectivity index (χ2v) is 5.99. The largest absolute Gasteiger partial charge is 0.344 e. The fourth-order valence-corrected chi connectivity index (χ4v) is 3.05. The zero-order valence-electron chi connectivity index (χ0n) is 12.3. The molecule has 0 fully saturated rings. The van der Waals surface area contributed by atoms with Crippen LogP contribution in [0.4, 0.5) is 4.39 Å². The maximum atomic E-state index is 13.7. The predicted molar refractivity (Wildman–Crippen MR) is 81.1 cm³/mol. The van der Waals surface area contributed by atoms with E-state index < -0.39 is 0 Å². The summed E-state index contributed by atoms with van der Waals surface area (Å²) in [7, 11) is 0. The highest BCUT2D eigenvalue weighted by atomic mass is 32.2. The minimum atomic E-state index is -0.290. The van der Waals surface area contributed by atoms with E-state index in [1.54, 1.807) is 4.57 Å². The number of rotatable bonds is 6. The van der Waals surface area contributed by atoms with Gasteiger partial charge in [-0.1, -0.05) is 6.92 Å². The first kappa shape index (κ1) is 15.8. The molecule has 0 saturated carbocycles. The first-order valence-corrected chi connectivity index (χ1v) is 7.67. The van der Waals surface area contributed by atoms with E-state index in [0.717, 1.165) is 17.0 Å². The average Bonchev–Trinajstić information content (AvgIpc) is 2.76. The molecule has 0 aliphatic heterocycles. The van der Waals surface area contributed by atoms with Crippen molar-refractivity contribution in [2.24, 2.45) is 0 Å². The Morgan fingerprint density at radius 2 is 2.19 bits per heavy atom. The molecule has 5 nitrogen and oxygen atoms in total. The van der Waals surface area contributed by atoms with Crippen molar-refractivity contribution in [2.45, 2.75) is 43.4 Å². The molecule has 2 rings (SSSR count). The standard InChI is InChI=1S/C14H19FN4OS/c1-4-16-8-10-5-11(15)7-12(6-10)21-14-18-17-13(20)19(14)9(2)3/h5-7,9,16H,4,8H2,1-3H3,(H,17,20). The summed E-state index contributed by atoms with van der Waals surface area (Å²) >= 11 is 1.28. The molecule has 0 atom stereocenters. The highest BCUT2D eigenvalue weighted by molar-refractivity contribution is 7.99. The summed E-state index contributed by atoms with van der Waals surface area (Å²) in [4.78, 5) is 12.4. The normalized spacial score (nSPS) is 11.3. The highest BCUT2D eigenvalue weighted by Crippen LogP contribution is 2.28. The number of nitrogens with zero attached hydrogens (tertiary/aromatic N) is 2. The number of nitrogens with one attached hydrogen (secondary N) is 2. The average molecular weight is 310 g/mol. The summed E-state index contributed by atoms with van der Waals surface area (Å²) in [6, 6.07) is 4.85. The van der Waals surface area contributed by atoms with Gasteiger partial charge in [0.2, 0.25) is 0 Å². The zero-order chi connectivity index (χ0) is 15.4. The van der Waals surface area contributed by atoms with E-state index in [0.29, 0.717) is 11.7 Å². The van der Waals surface area contributed by atoms with Crippen molar-refractivity contribution < 1.29 is 4.39 Å². The second-order valence-electron chi connectivity index (χ2n) is 4.95. The van der Waals surface area contributed by atoms with Crippen LogP contribution in [-0.4, -0.2) is 21.3 Å². The quantitative estimate of drug-likeness (QED) is 0.861. The first-order chi connectivity index (χ1) is 10.0. The van der Waals surface area contributed by atoms with Gasteiger partial charge in [0.05, 0.1) is 0 Å². The Morgan fingerprint density at radius 1 is 1.43 bits per heavy atom. The second kappa shape index (κ2) is 6.91. The van der Waals surface area contributed by atoms with Gasteiger partial charge in [-0.05, 0) is 55.9 Å². The van der Waals surface area contributed by atoms with Crippen LogP contribution in [0.3, 0.4) is 0 Å². The van der Waals surface area contributed by atoms with Gasteiger partial charge in [-0.25, -0.2) is 14.3 Å². The summed E-state index contributed by atoms with van der Waals surface area (Å²) in [6.07, 6.45) is 0. The van der Waals surface area contributed by atoms with Gasteiger partial charge in [0.1, 0.15) is 5.82 Å². The lowest BCUT2D eigenvalue weighted by Gasteiger charge is -2.09. The third-order valence-corrected chi connectivity index (χ3v) is 3.85. The Bertz CT molecular complexity index is 665. The monoisotopic (exact) mass is 310 g/mol. The van der Waals surface area contributed by atoms with Crippen molar-refractivity contribution >= 4 is 11.8 Å². The number of aromatic nitrogens is 3. The van der Waals surface area contributed by atoms with Crippen LogP contribution < -0.4 is 11.0 Å². The molecular weight excluding hydrogens is 291 g/mol. The van der Waals surface area contributed by atoms with Crippen molar-refractivity contribution in [3.05, 3.63) is 40.1 Å². The Balaban J connectivity index is 2.27. The summed E-state index contributed by atoms with van der Waals surface area (Å²) in [5, 5.41) is 10.1. The summed E-state index contributed by atoms with van der Waals surface area (Å²) in [5.41, 5.74) is 0.616. The molecule has 2 N–H and O–H groups in total. The molecule has 0 amide bonds. The van der Waals surface area contributed by atoms with Gasteiger partial charge < -0.3 is 5.32 Å². The number of benzene rings is 1. The summed E-state index contributed by atoms with van der Waals surface area (Å²) < 4.78 is 15.2. The molecule has 114 valence electrons. The van der Waals surface area contributed by atoms with Crippen LogP contribution in [0, 0.1) is 5.82 Å². The van der Waals surface area contributed by atoms with Crippen LogP contribution in [0.2, 0.25) is 0 Å². The van der Waals surface area contributed by atoms with Crippen LogP contribution in [0.25, 0.3) is 0 Å². The first-order valence-electron chi connectivity index (χ1n) is 6.86. The smallest absolute Gasteiger partial charge is 0.313 e. The fourth-order valence-electron chi connectivity index (χ4n) is 1.97. The Labute approximate surface area is 127 Å². The van der Waals surface area contributed by atoms with Gasteiger partial charge in [0, 0.05) is 17.5 Å². The van der Waals surface area contributed by atoms with Crippen LogP contribution in [-0.2, 0) is 6.54 Å². The molecule has 0 saturated heterocycles. The van der Waals surface area contributed by atoms with E-state index in [-0.39, 0.29) is 17.5 Å². The fraction of sp³-hybridized carbons (Fsp3) is 0.429. The third kappa shape index (κ3) is 3.95. The number of aromatic amines is 1. The van der Waals surface area contributed by atoms with Crippen molar-refractivity contribution in [1.29, 1.82) is 0 Å². The summed E-state index contributed by atoms with van der Waals surface area (Å²) in [5.74, 6) is -0.290. The van der Waals surface area contributed by atoms with E-state index >= 15 is 0 Å². The van der Waals surface area contributed by atoms with Gasteiger partial charge in [-0.2, -0.15) is 0 Å². The van der Waals surface area contributed by atoms with Gasteiger partial charge in [0.15, 0.2) is 5.16 Å². The number of H-pyrrole nitrogens is 1. The van der Waals surface area contributed by atoms with E-state index in [9.17, 15) is 9.18 Å². The molecule has 0 spiro atoms. The molecular formula is C14H19FN4OS. The molecule has 0 unspecified atom stereocenters. The van der Waals surface area contributed by atoms with Crippen LogP contribution in [0.15, 0.2) is 33.0 Å². The molecule has 0 radical (unpaired) electrons. The minimum Gasteiger partial charge on any atom is -0.313 e. The summed E-state index contributed by atoms with van der Waals surface area (Å²) in [6.45, 7) is 7.25. The Kier molecular flexibility index (Phi) is 5.19. The van der Waals surface area contributed by atoms with Gasteiger partial charge in [0.25, 0.3) is 0 Å². The van der Waals surface area contributed by atoms with Crippen molar-refractivity contribution in [3.8, 4) is 0 Å². The number of hydrogen-bond donors (Lipinski definition) is 2. The third-order valence-electron chi connectivity index (χ3n) is 2.91. The van der Waals surface area contributed by atoms with Gasteiger partial charge in [-0.3, -0.25) is 4.57 Å². The van der Waals surface area contributed by atoms with Crippen LogP contribution in [0.1, 0.15) is 32.4 Å². The number of hydrogen-bond acceptors (Lipinski definition) is 4. The van der Waals surface area contributed by atoms with E-state index in [1.807, 2.05) is 26.8 Å². The van der Waals surface area contributed by atoms with E-state index in [1.165, 1.54) is 23.9 Å². The Hall–Kier alpha value is -1.60. The van der Waals surface area contributed by atoms with Crippen molar-refractivity contribution in [2.75, 3.05) is 6.54 Å². The van der Waals surface area contributed by atoms with E-state index in [2.05, 4.69) is 15.5 Å². The van der Waals surface area contributed by atoms with E-state index in [4.69, 9.17) is 0 Å². The lowest BCUT2D eigenvalue weighted by molar-refractivity contribution is 0.534. The Morgan fingerprint density at radius 3 is 2.86 bits per heavy atom. The topological polar surface area (TPSA) is 62.7 Å². The maximum Gasteiger partial charge on any atom is 0.344 e.